The van der Waals surface area contributed by atoms with Crippen LogP contribution in [0, 0.1) is 0 Å². The molecule has 3 nitrogen and oxygen atoms in total. The number of rotatable bonds is 4. The van der Waals surface area contributed by atoms with Gasteiger partial charge in [0.25, 0.3) is 0 Å². The minimum absolute atomic E-state index is 0.393. The van der Waals surface area contributed by atoms with Crippen molar-refractivity contribution < 1.29 is 14.0 Å². The van der Waals surface area contributed by atoms with E-state index in [4.69, 9.17) is 4.52 Å². The van der Waals surface area contributed by atoms with Crippen molar-refractivity contribution in [2.24, 2.45) is 0 Å². The van der Waals surface area contributed by atoms with Crippen LogP contribution in [0.1, 0.15) is 0 Å². The predicted molar refractivity (Wildman–Crippen MR) is 105 cm³/mol. The second kappa shape index (κ2) is 7.66. The van der Waals surface area contributed by atoms with Crippen molar-refractivity contribution in [2.45, 2.75) is 0 Å². The number of halogens is 2. The van der Waals surface area contributed by atoms with Crippen LogP contribution < -0.4 is 4.52 Å². The first kappa shape index (κ1) is 17.4. The first-order chi connectivity index (χ1) is 11.5. The van der Waals surface area contributed by atoms with Crippen LogP contribution >= 0.6 is 40.1 Å². The quantitative estimate of drug-likeness (QED) is 0.457. The normalized spacial score (nSPS) is 12.0. The summed E-state index contributed by atoms with van der Waals surface area (Å²) in [4.78, 5) is 9.23. The molecule has 0 saturated carbocycles. The van der Waals surface area contributed by atoms with Crippen LogP contribution in [0.3, 0.4) is 0 Å². The van der Waals surface area contributed by atoms with Gasteiger partial charge < -0.3 is 9.42 Å². The molecule has 0 bridgehead atoms. The summed E-state index contributed by atoms with van der Waals surface area (Å²) < 4.78 is 18.4. The third kappa shape index (κ3) is 3.98. The van der Waals surface area contributed by atoms with Gasteiger partial charge in [0.15, 0.2) is 0 Å². The fourth-order valence-corrected chi connectivity index (χ4v) is 3.38. The summed E-state index contributed by atoms with van der Waals surface area (Å²) in [6.45, 7) is 0. The molecule has 0 saturated heterocycles. The Hall–Kier alpha value is -1.39. The molecule has 1 N–H and O–H groups in total. The van der Waals surface area contributed by atoms with Gasteiger partial charge in [0, 0.05) is 14.5 Å². The van der Waals surface area contributed by atoms with E-state index in [0.717, 1.165) is 31.2 Å². The molecule has 3 aromatic rings. The summed E-state index contributed by atoms with van der Waals surface area (Å²) in [6.07, 6.45) is 0. The average molecular weight is 468 g/mol. The first-order valence-electron chi connectivity index (χ1n) is 7.10. The second-order valence-electron chi connectivity index (χ2n) is 5.06. The van der Waals surface area contributed by atoms with Crippen molar-refractivity contribution in [3.63, 3.8) is 0 Å². The fraction of sp³-hybridized carbons (Fsp3) is 0. The van der Waals surface area contributed by atoms with E-state index >= 15 is 0 Å². The van der Waals surface area contributed by atoms with Crippen LogP contribution in [-0.4, -0.2) is 4.89 Å². The Bertz CT molecular complexity index is 878. The van der Waals surface area contributed by atoms with Crippen molar-refractivity contribution in [3.8, 4) is 28.0 Å². The SMILES string of the molecule is O=[PH](O)Oc1cccc(-c2ccc(Br)cc2)c1-c1ccc(Br)cc1. The number of hydrogen-bond acceptors (Lipinski definition) is 2. The van der Waals surface area contributed by atoms with Gasteiger partial charge in [-0.1, -0.05) is 68.3 Å². The number of benzene rings is 3. The highest BCUT2D eigenvalue weighted by atomic mass is 79.9. The van der Waals surface area contributed by atoms with Crippen molar-refractivity contribution in [3.05, 3.63) is 75.7 Å². The molecule has 1 unspecified atom stereocenters. The Balaban J connectivity index is 2.22. The van der Waals surface area contributed by atoms with Gasteiger partial charge in [-0.3, -0.25) is 0 Å². The van der Waals surface area contributed by atoms with Crippen molar-refractivity contribution in [2.75, 3.05) is 0 Å². The molecule has 1 atom stereocenters. The van der Waals surface area contributed by atoms with Gasteiger partial charge in [-0.2, -0.15) is 0 Å². The summed E-state index contributed by atoms with van der Waals surface area (Å²) in [7, 11) is -3.10. The zero-order valence-corrected chi connectivity index (χ0v) is 16.5. The minimum Gasteiger partial charge on any atom is -0.426 e. The molecule has 0 spiro atoms. The Morgan fingerprint density at radius 1 is 0.792 bits per heavy atom. The Morgan fingerprint density at radius 3 is 1.88 bits per heavy atom. The summed E-state index contributed by atoms with van der Waals surface area (Å²) in [5.74, 6) is 0.393. The molecular weight excluding hydrogens is 455 g/mol. The van der Waals surface area contributed by atoms with Gasteiger partial charge in [0.1, 0.15) is 5.75 Å². The van der Waals surface area contributed by atoms with Crippen LogP contribution in [0.4, 0.5) is 0 Å². The summed E-state index contributed by atoms with van der Waals surface area (Å²) in [5.41, 5.74) is 3.64. The van der Waals surface area contributed by atoms with Crippen molar-refractivity contribution in [1.82, 2.24) is 0 Å². The molecule has 6 heteroatoms. The van der Waals surface area contributed by atoms with Gasteiger partial charge >= 0.3 is 8.25 Å². The van der Waals surface area contributed by atoms with E-state index in [9.17, 15) is 9.46 Å². The van der Waals surface area contributed by atoms with Gasteiger partial charge in [-0.25, -0.2) is 4.57 Å². The van der Waals surface area contributed by atoms with E-state index in [0.29, 0.717) is 5.75 Å². The lowest BCUT2D eigenvalue weighted by molar-refractivity contribution is 0.411. The Kier molecular flexibility index (Phi) is 5.57. The molecule has 3 aromatic carbocycles. The maximum atomic E-state index is 11.2. The smallest absolute Gasteiger partial charge is 0.365 e. The molecule has 0 aliphatic rings. The molecule has 0 aliphatic carbocycles. The monoisotopic (exact) mass is 466 g/mol. The molecule has 3 rings (SSSR count). The highest BCUT2D eigenvalue weighted by Gasteiger charge is 2.15. The third-order valence-electron chi connectivity index (χ3n) is 3.51. The zero-order valence-electron chi connectivity index (χ0n) is 12.4. The molecular formula is C18H13Br2O3P. The third-order valence-corrected chi connectivity index (χ3v) is 4.96. The van der Waals surface area contributed by atoms with Gasteiger partial charge in [0.05, 0.1) is 0 Å². The van der Waals surface area contributed by atoms with E-state index in [-0.39, 0.29) is 0 Å². The van der Waals surface area contributed by atoms with Crippen LogP contribution in [0.15, 0.2) is 75.7 Å². The first-order valence-corrected chi connectivity index (χ1v) is 9.95. The lowest BCUT2D eigenvalue weighted by atomic mass is 9.94. The minimum atomic E-state index is -3.10. The van der Waals surface area contributed by atoms with Crippen LogP contribution in [0.2, 0.25) is 0 Å². The van der Waals surface area contributed by atoms with Crippen molar-refractivity contribution in [1.29, 1.82) is 0 Å². The number of hydrogen-bond donors (Lipinski definition) is 1. The molecule has 0 aromatic heterocycles. The van der Waals surface area contributed by atoms with E-state index < -0.39 is 8.25 Å². The molecule has 122 valence electrons. The molecule has 0 fully saturated rings. The summed E-state index contributed by atoms with van der Waals surface area (Å²) >= 11 is 6.86. The average Bonchev–Trinajstić information content (AvgIpc) is 2.56. The van der Waals surface area contributed by atoms with Crippen LogP contribution in [-0.2, 0) is 4.57 Å². The Morgan fingerprint density at radius 2 is 1.33 bits per heavy atom. The van der Waals surface area contributed by atoms with Gasteiger partial charge in [-0.15, -0.1) is 0 Å². The second-order valence-corrected chi connectivity index (χ2v) is 7.63. The lowest BCUT2D eigenvalue weighted by Crippen LogP contribution is -1.90. The van der Waals surface area contributed by atoms with E-state index in [1.165, 1.54) is 0 Å². The highest BCUT2D eigenvalue weighted by Crippen LogP contribution is 2.42. The maximum absolute atomic E-state index is 11.2. The summed E-state index contributed by atoms with van der Waals surface area (Å²) in [5, 5.41) is 0. The molecule has 0 radical (unpaired) electrons. The predicted octanol–water partition coefficient (Wildman–Crippen LogP) is 6.31. The van der Waals surface area contributed by atoms with E-state index in [1.54, 1.807) is 6.07 Å². The van der Waals surface area contributed by atoms with E-state index in [2.05, 4.69) is 31.9 Å². The largest absolute Gasteiger partial charge is 0.426 e. The van der Waals surface area contributed by atoms with E-state index in [1.807, 2.05) is 60.7 Å². The molecule has 0 amide bonds. The highest BCUT2D eigenvalue weighted by molar-refractivity contribution is 9.10. The topological polar surface area (TPSA) is 46.5 Å². The van der Waals surface area contributed by atoms with Crippen LogP contribution in [0.5, 0.6) is 5.75 Å². The maximum Gasteiger partial charge on any atom is 0.365 e. The summed E-state index contributed by atoms with van der Waals surface area (Å²) in [6, 6.07) is 21.2. The van der Waals surface area contributed by atoms with Crippen molar-refractivity contribution >= 4 is 40.1 Å². The molecule has 0 aliphatic heterocycles. The zero-order chi connectivity index (χ0) is 17.1. The lowest BCUT2D eigenvalue weighted by Gasteiger charge is -2.15. The fourth-order valence-electron chi connectivity index (χ4n) is 2.49. The van der Waals surface area contributed by atoms with Gasteiger partial charge in [0.2, 0.25) is 0 Å². The molecule has 24 heavy (non-hydrogen) atoms. The standard InChI is InChI=1S/C18H13Br2O3P/c19-14-8-4-12(5-9-14)16-2-1-3-17(23-24(21)22)18(16)13-6-10-15(20)11-7-13/h1-11,24H,(H,21,22). The Labute approximate surface area is 157 Å². The van der Waals surface area contributed by atoms with Crippen LogP contribution in [0.25, 0.3) is 22.3 Å². The van der Waals surface area contributed by atoms with Gasteiger partial charge in [-0.05, 0) is 47.0 Å². The molecule has 0 heterocycles.